The Morgan fingerprint density at radius 3 is 2.65 bits per heavy atom. The number of piperidine rings is 1. The summed E-state index contributed by atoms with van der Waals surface area (Å²) in [5.41, 5.74) is 0. The van der Waals surface area contributed by atoms with Crippen LogP contribution in [0.1, 0.15) is 45.4 Å². The Kier molecular flexibility index (Phi) is 4.53. The van der Waals surface area contributed by atoms with Crippen molar-refractivity contribution >= 4 is 17.5 Å². The molecule has 2 rings (SSSR count). The van der Waals surface area contributed by atoms with Crippen LogP contribution in [0, 0.1) is 5.92 Å². The Labute approximate surface area is 110 Å². The fourth-order valence-corrected chi connectivity index (χ4v) is 4.28. The first kappa shape index (κ1) is 13.4. The zero-order valence-corrected chi connectivity index (χ0v) is 12.0. The molecule has 0 radical (unpaired) electrons. The van der Waals surface area contributed by atoms with Gasteiger partial charge in [-0.05, 0) is 19.1 Å². The summed E-state index contributed by atoms with van der Waals surface area (Å²) in [5.74, 6) is 0.717. The maximum Gasteiger partial charge on any atom is 0.138 e. The van der Waals surface area contributed by atoms with Crippen LogP contribution in [0.25, 0.3) is 0 Å². The quantitative estimate of drug-likeness (QED) is 0.773. The van der Waals surface area contributed by atoms with Gasteiger partial charge in [0.05, 0.1) is 0 Å². The predicted octanol–water partition coefficient (Wildman–Crippen LogP) is 2.96. The van der Waals surface area contributed by atoms with Gasteiger partial charge < -0.3 is 4.90 Å². The lowest BCUT2D eigenvalue weighted by Gasteiger charge is -2.42. The van der Waals surface area contributed by atoms with E-state index in [1.54, 1.807) is 0 Å². The van der Waals surface area contributed by atoms with Crippen molar-refractivity contribution < 1.29 is 4.79 Å². The van der Waals surface area contributed by atoms with E-state index in [4.69, 9.17) is 0 Å². The number of hydrogen-bond acceptors (Lipinski definition) is 3. The summed E-state index contributed by atoms with van der Waals surface area (Å²) >= 11 is 2.06. The van der Waals surface area contributed by atoms with Crippen molar-refractivity contribution in [3.05, 3.63) is 0 Å². The maximum absolute atomic E-state index is 11.5. The predicted molar refractivity (Wildman–Crippen MR) is 74.6 cm³/mol. The third-order valence-electron chi connectivity index (χ3n) is 4.47. The van der Waals surface area contributed by atoms with Crippen LogP contribution < -0.4 is 0 Å². The van der Waals surface area contributed by atoms with Crippen LogP contribution in [0.5, 0.6) is 0 Å². The van der Waals surface area contributed by atoms with Crippen LogP contribution >= 0.6 is 11.8 Å². The van der Waals surface area contributed by atoms with Crippen LogP contribution in [0.2, 0.25) is 0 Å². The lowest BCUT2D eigenvalue weighted by atomic mass is 9.87. The average molecular weight is 255 g/mol. The van der Waals surface area contributed by atoms with E-state index < -0.39 is 0 Å². The molecule has 1 saturated heterocycles. The molecule has 0 bridgehead atoms. The lowest BCUT2D eigenvalue weighted by Crippen LogP contribution is -2.47. The van der Waals surface area contributed by atoms with Gasteiger partial charge in [0.25, 0.3) is 0 Å². The molecular formula is C14H25NOS. The molecule has 98 valence electrons. The minimum Gasteiger partial charge on any atom is -0.301 e. The number of carbonyl (C=O) groups is 1. The molecule has 0 amide bonds. The standard InChI is InChI=1S/C14H25NOS/c1-12-10-15(9-6-13(12)16)11-14(17-2)7-4-3-5-8-14/h12H,3-11H2,1-2H3. The Bertz CT molecular complexity index is 273. The summed E-state index contributed by atoms with van der Waals surface area (Å²) in [6, 6.07) is 0. The summed E-state index contributed by atoms with van der Waals surface area (Å²) in [7, 11) is 0. The number of nitrogens with zero attached hydrogens (tertiary/aromatic N) is 1. The van der Waals surface area contributed by atoms with Gasteiger partial charge in [-0.1, -0.05) is 26.2 Å². The van der Waals surface area contributed by atoms with E-state index in [9.17, 15) is 4.79 Å². The van der Waals surface area contributed by atoms with E-state index in [-0.39, 0.29) is 5.92 Å². The van der Waals surface area contributed by atoms with Crippen LogP contribution in [0.4, 0.5) is 0 Å². The number of likely N-dealkylation sites (tertiary alicyclic amines) is 1. The monoisotopic (exact) mass is 255 g/mol. The Balaban J connectivity index is 1.92. The molecule has 1 aliphatic heterocycles. The Hall–Kier alpha value is -0.0200. The molecule has 1 saturated carbocycles. The number of ketones is 1. The van der Waals surface area contributed by atoms with Crippen molar-refractivity contribution in [1.82, 2.24) is 4.90 Å². The van der Waals surface area contributed by atoms with Crippen LogP contribution in [-0.2, 0) is 4.79 Å². The van der Waals surface area contributed by atoms with Crippen molar-refractivity contribution in [1.29, 1.82) is 0 Å². The first-order valence-corrected chi connectivity index (χ1v) is 8.18. The second-order valence-electron chi connectivity index (χ2n) is 5.80. The number of rotatable bonds is 3. The highest BCUT2D eigenvalue weighted by molar-refractivity contribution is 8.00. The van der Waals surface area contributed by atoms with Crippen molar-refractivity contribution in [2.45, 2.75) is 50.2 Å². The largest absolute Gasteiger partial charge is 0.301 e. The highest BCUT2D eigenvalue weighted by Gasteiger charge is 2.35. The molecule has 0 aromatic rings. The third-order valence-corrected chi connectivity index (χ3v) is 5.87. The zero-order valence-electron chi connectivity index (χ0n) is 11.2. The molecule has 3 heteroatoms. The second-order valence-corrected chi connectivity index (χ2v) is 7.07. The summed E-state index contributed by atoms with van der Waals surface area (Å²) in [6.07, 6.45) is 9.97. The first-order valence-electron chi connectivity index (χ1n) is 6.95. The minimum atomic E-state index is 0.256. The van der Waals surface area contributed by atoms with E-state index in [2.05, 4.69) is 29.8 Å². The van der Waals surface area contributed by atoms with Crippen LogP contribution in [0.15, 0.2) is 0 Å². The van der Waals surface area contributed by atoms with E-state index >= 15 is 0 Å². The van der Waals surface area contributed by atoms with Gasteiger partial charge >= 0.3 is 0 Å². The average Bonchev–Trinajstić information content (AvgIpc) is 2.35. The molecule has 0 spiro atoms. The van der Waals surface area contributed by atoms with Crippen molar-refractivity contribution in [3.63, 3.8) is 0 Å². The van der Waals surface area contributed by atoms with Crippen LogP contribution in [0.3, 0.4) is 0 Å². The summed E-state index contributed by atoms with van der Waals surface area (Å²) in [5, 5.41) is 0. The molecule has 0 N–H and O–H groups in total. The molecule has 2 aliphatic rings. The molecule has 0 aromatic carbocycles. The lowest BCUT2D eigenvalue weighted by molar-refractivity contribution is -0.125. The molecule has 1 atom stereocenters. The fourth-order valence-electron chi connectivity index (χ4n) is 3.27. The molecule has 2 fully saturated rings. The van der Waals surface area contributed by atoms with E-state index in [1.807, 2.05) is 0 Å². The molecular weight excluding hydrogens is 230 g/mol. The topological polar surface area (TPSA) is 20.3 Å². The Morgan fingerprint density at radius 2 is 2.06 bits per heavy atom. The highest BCUT2D eigenvalue weighted by atomic mass is 32.2. The van der Waals surface area contributed by atoms with Crippen molar-refractivity contribution in [2.24, 2.45) is 5.92 Å². The molecule has 2 nitrogen and oxygen atoms in total. The van der Waals surface area contributed by atoms with Crippen molar-refractivity contribution in [3.8, 4) is 0 Å². The first-order chi connectivity index (χ1) is 8.15. The number of hydrogen-bond donors (Lipinski definition) is 0. The maximum atomic E-state index is 11.5. The number of thioether (sulfide) groups is 1. The van der Waals surface area contributed by atoms with Crippen LogP contribution in [-0.4, -0.2) is 41.3 Å². The van der Waals surface area contributed by atoms with E-state index in [1.165, 1.54) is 38.6 Å². The smallest absolute Gasteiger partial charge is 0.138 e. The molecule has 1 heterocycles. The number of Topliss-reactive ketones (excluding diaryl/α,β-unsaturated/α-hetero) is 1. The highest BCUT2D eigenvalue weighted by Crippen LogP contribution is 2.39. The number of carbonyl (C=O) groups excluding carboxylic acids is 1. The Morgan fingerprint density at radius 1 is 1.35 bits per heavy atom. The van der Waals surface area contributed by atoms with E-state index in [0.29, 0.717) is 10.5 Å². The third kappa shape index (κ3) is 3.25. The van der Waals surface area contributed by atoms with Gasteiger partial charge in [-0.25, -0.2) is 0 Å². The molecule has 0 aromatic heterocycles. The molecule has 1 unspecified atom stereocenters. The van der Waals surface area contributed by atoms with Gasteiger partial charge in [-0.2, -0.15) is 11.8 Å². The van der Waals surface area contributed by atoms with Gasteiger partial charge in [-0.15, -0.1) is 0 Å². The van der Waals surface area contributed by atoms with Gasteiger partial charge in [-0.3, -0.25) is 4.79 Å². The van der Waals surface area contributed by atoms with Crippen molar-refractivity contribution in [2.75, 3.05) is 25.9 Å². The summed E-state index contributed by atoms with van der Waals surface area (Å²) < 4.78 is 0.484. The van der Waals surface area contributed by atoms with E-state index in [0.717, 1.165) is 19.5 Å². The summed E-state index contributed by atoms with van der Waals surface area (Å²) in [4.78, 5) is 14.1. The SMILES string of the molecule is CSC1(CN2CCC(=O)C(C)C2)CCCCC1. The van der Waals surface area contributed by atoms with Gasteiger partial charge in [0.2, 0.25) is 0 Å². The zero-order chi connectivity index (χ0) is 12.3. The fraction of sp³-hybridized carbons (Fsp3) is 0.929. The van der Waals surface area contributed by atoms with Gasteiger partial charge in [0.15, 0.2) is 0 Å². The van der Waals surface area contributed by atoms with Gasteiger partial charge in [0.1, 0.15) is 5.78 Å². The molecule has 1 aliphatic carbocycles. The van der Waals surface area contributed by atoms with Gasteiger partial charge in [0, 0.05) is 36.7 Å². The molecule has 17 heavy (non-hydrogen) atoms. The summed E-state index contributed by atoms with van der Waals surface area (Å²) in [6.45, 7) is 5.26. The normalized spacial score (nSPS) is 30.5. The minimum absolute atomic E-state index is 0.256. The second kappa shape index (κ2) is 5.75.